The molecule has 1 atom stereocenters. The summed E-state index contributed by atoms with van der Waals surface area (Å²) in [5, 5.41) is 4.88. The predicted octanol–water partition coefficient (Wildman–Crippen LogP) is 6.46. The number of fused-ring (bicyclic) bond motifs is 1. The third kappa shape index (κ3) is 8.64. The molecule has 4 aromatic rings. The van der Waals surface area contributed by atoms with Gasteiger partial charge in [-0.1, -0.05) is 6.07 Å². The van der Waals surface area contributed by atoms with Gasteiger partial charge in [0.05, 0.1) is 29.8 Å². The van der Waals surface area contributed by atoms with Gasteiger partial charge in [0.2, 0.25) is 11.8 Å². The van der Waals surface area contributed by atoms with Gasteiger partial charge in [0.25, 0.3) is 12.3 Å². The van der Waals surface area contributed by atoms with Gasteiger partial charge in [-0.2, -0.15) is 0 Å². The van der Waals surface area contributed by atoms with Crippen molar-refractivity contribution in [2.24, 2.45) is 0 Å². The van der Waals surface area contributed by atoms with Gasteiger partial charge in [-0.05, 0) is 88.4 Å². The number of anilines is 2. The predicted molar refractivity (Wildman–Crippen MR) is 195 cm³/mol. The summed E-state index contributed by atoms with van der Waals surface area (Å²) in [6, 6.07) is 7.02. The summed E-state index contributed by atoms with van der Waals surface area (Å²) in [6.07, 6.45) is 4.85. The van der Waals surface area contributed by atoms with Gasteiger partial charge in [0.15, 0.2) is 11.6 Å². The van der Waals surface area contributed by atoms with Crippen LogP contribution in [0.15, 0.2) is 60.3 Å². The van der Waals surface area contributed by atoms with E-state index in [1.165, 1.54) is 30.5 Å². The first-order chi connectivity index (χ1) is 26.4. The van der Waals surface area contributed by atoms with Crippen LogP contribution in [0.1, 0.15) is 97.9 Å². The standard InChI is InChI=1S/C39H42F4N8O4/c1-22(2)55-32-17-34-46-31(21-51(34)19-27(32)39(54)47-33-5-3-4-30(45-33)36(42)43)24-8-12-49(13-9-24)20-29(41)23-10-14-50(15-11-23)37-28(40)16-25(18-44-37)26-6-7-35(52)48-38(26)53/h3-5,16-19,21-22,24,26,36H,6-15,20H2,1-2H3,(H,45,47,54)(H,48,52,53). The van der Waals surface area contributed by atoms with Crippen molar-refractivity contribution in [1.29, 1.82) is 0 Å². The molecule has 1 unspecified atom stereocenters. The second-order valence-electron chi connectivity index (χ2n) is 14.5. The highest BCUT2D eigenvalue weighted by Crippen LogP contribution is 2.33. The highest BCUT2D eigenvalue weighted by atomic mass is 19.3. The zero-order valence-electron chi connectivity index (χ0n) is 30.5. The smallest absolute Gasteiger partial charge is 0.280 e. The number of alkyl halides is 2. The molecule has 0 spiro atoms. The molecule has 3 fully saturated rings. The fourth-order valence-corrected chi connectivity index (χ4v) is 7.42. The van der Waals surface area contributed by atoms with Gasteiger partial charge in [-0.25, -0.2) is 32.5 Å². The molecule has 3 saturated heterocycles. The van der Waals surface area contributed by atoms with Crippen LogP contribution in [0.4, 0.5) is 29.2 Å². The molecule has 3 aliphatic rings. The Labute approximate surface area is 315 Å². The Morgan fingerprint density at radius 3 is 2.47 bits per heavy atom. The van der Waals surface area contributed by atoms with Crippen LogP contribution in [0.25, 0.3) is 5.65 Å². The number of hydrogen-bond acceptors (Lipinski definition) is 9. The van der Waals surface area contributed by atoms with Gasteiger partial charge in [-0.15, -0.1) is 0 Å². The van der Waals surface area contributed by atoms with Crippen molar-refractivity contribution in [1.82, 2.24) is 29.6 Å². The molecule has 0 radical (unpaired) electrons. The molecule has 2 N–H and O–H groups in total. The van der Waals surface area contributed by atoms with E-state index in [-0.39, 0.29) is 53.9 Å². The van der Waals surface area contributed by atoms with Crippen molar-refractivity contribution in [3.63, 3.8) is 0 Å². The molecule has 0 aromatic carbocycles. The number of hydrogen-bond donors (Lipinski definition) is 2. The Balaban J connectivity index is 0.950. The van der Waals surface area contributed by atoms with Gasteiger partial charge in [0.1, 0.15) is 28.7 Å². The minimum absolute atomic E-state index is 0.00245. The topological polar surface area (TPSA) is 134 Å². The number of ether oxygens (including phenoxy) is 1. The molecule has 7 heterocycles. The Kier molecular flexibility index (Phi) is 11.1. The first-order valence-electron chi connectivity index (χ1n) is 18.5. The molecule has 0 aliphatic carbocycles. The molecule has 12 nitrogen and oxygen atoms in total. The van der Waals surface area contributed by atoms with Crippen LogP contribution in [0.2, 0.25) is 0 Å². The maximum atomic E-state index is 15.6. The van der Waals surface area contributed by atoms with E-state index in [2.05, 4.69) is 25.5 Å². The fourth-order valence-electron chi connectivity index (χ4n) is 7.42. The van der Waals surface area contributed by atoms with E-state index in [0.717, 1.165) is 24.1 Å². The molecule has 16 heteroatoms. The van der Waals surface area contributed by atoms with E-state index in [0.29, 0.717) is 62.4 Å². The molecule has 3 amide bonds. The van der Waals surface area contributed by atoms with Crippen molar-refractivity contribution in [3.8, 4) is 5.75 Å². The molecule has 0 bridgehead atoms. The average molecular weight is 763 g/mol. The lowest BCUT2D eigenvalue weighted by atomic mass is 9.91. The number of amides is 3. The number of nitrogens with zero attached hydrogens (tertiary/aromatic N) is 6. The minimum atomic E-state index is -2.78. The van der Waals surface area contributed by atoms with Gasteiger partial charge in [-0.3, -0.25) is 24.6 Å². The minimum Gasteiger partial charge on any atom is -0.490 e. The van der Waals surface area contributed by atoms with Crippen molar-refractivity contribution < 1.29 is 36.7 Å². The summed E-state index contributed by atoms with van der Waals surface area (Å²) in [7, 11) is 0. The van der Waals surface area contributed by atoms with E-state index in [4.69, 9.17) is 9.72 Å². The fraction of sp³-hybridized carbons (Fsp3) is 0.436. The van der Waals surface area contributed by atoms with Crippen LogP contribution in [0, 0.1) is 5.82 Å². The van der Waals surface area contributed by atoms with Gasteiger partial charge >= 0.3 is 0 Å². The molecule has 55 heavy (non-hydrogen) atoms. The quantitative estimate of drug-likeness (QED) is 0.138. The van der Waals surface area contributed by atoms with Gasteiger partial charge in [0, 0.05) is 50.1 Å². The number of nitrogens with one attached hydrogen (secondary N) is 2. The largest absolute Gasteiger partial charge is 0.490 e. The Morgan fingerprint density at radius 1 is 1.02 bits per heavy atom. The van der Waals surface area contributed by atoms with Crippen LogP contribution in [-0.2, 0) is 9.59 Å². The lowest BCUT2D eigenvalue weighted by Gasteiger charge is -2.33. The van der Waals surface area contributed by atoms with Crippen LogP contribution in [-0.4, -0.2) is 80.8 Å². The number of rotatable bonds is 10. The van der Waals surface area contributed by atoms with E-state index < -0.39 is 35.7 Å². The third-order valence-corrected chi connectivity index (χ3v) is 10.3. The lowest BCUT2D eigenvalue weighted by molar-refractivity contribution is -0.134. The molecule has 0 saturated carbocycles. The number of likely N-dealkylation sites (tertiary alicyclic amines) is 1. The second kappa shape index (κ2) is 16.2. The SMILES string of the molecule is CC(C)Oc1cc2nc(C3CCN(CC(F)=C4CCN(c5ncc(C6CCC(=O)NC6=O)cc5F)CC4)CC3)cn2cc1C(=O)Nc1cccc(C(F)F)n1. The Hall–Kier alpha value is -5.38. The van der Waals surface area contributed by atoms with Crippen LogP contribution in [0.5, 0.6) is 5.75 Å². The number of piperidine rings is 3. The van der Waals surface area contributed by atoms with Crippen molar-refractivity contribution >= 4 is 35.0 Å². The number of carbonyl (C=O) groups excluding carboxylic acids is 3. The monoisotopic (exact) mass is 762 g/mol. The number of carbonyl (C=O) groups is 3. The molecule has 7 rings (SSSR count). The first kappa shape index (κ1) is 37.9. The third-order valence-electron chi connectivity index (χ3n) is 10.3. The number of imide groups is 1. The highest BCUT2D eigenvalue weighted by molar-refractivity contribution is 6.06. The number of pyridine rings is 3. The summed E-state index contributed by atoms with van der Waals surface area (Å²) in [5.74, 6) is -2.09. The zero-order chi connectivity index (χ0) is 38.8. The number of imidazole rings is 1. The summed E-state index contributed by atoms with van der Waals surface area (Å²) < 4.78 is 64.8. The Morgan fingerprint density at radius 2 is 1.78 bits per heavy atom. The van der Waals surface area contributed by atoms with Crippen LogP contribution in [0.3, 0.4) is 0 Å². The second-order valence-corrected chi connectivity index (χ2v) is 14.5. The maximum absolute atomic E-state index is 15.6. The maximum Gasteiger partial charge on any atom is 0.280 e. The number of aromatic nitrogens is 4. The van der Waals surface area contributed by atoms with E-state index in [1.54, 1.807) is 21.6 Å². The normalized spacial score (nSPS) is 18.7. The van der Waals surface area contributed by atoms with Crippen LogP contribution >= 0.6 is 0 Å². The van der Waals surface area contributed by atoms with Crippen molar-refractivity contribution in [2.45, 2.75) is 76.7 Å². The Bertz CT molecular complexity index is 2120. The van der Waals surface area contributed by atoms with Crippen molar-refractivity contribution in [3.05, 3.63) is 88.7 Å². The molecular weight excluding hydrogens is 720 g/mol. The molecule has 4 aromatic heterocycles. The molecular formula is C39H42F4N8O4. The highest BCUT2D eigenvalue weighted by Gasteiger charge is 2.30. The number of halogens is 4. The average Bonchev–Trinajstić information content (AvgIpc) is 3.58. The molecule has 3 aliphatic heterocycles. The lowest BCUT2D eigenvalue weighted by Crippen LogP contribution is -2.39. The van der Waals surface area contributed by atoms with Crippen molar-refractivity contribution in [2.75, 3.05) is 42.9 Å². The van der Waals surface area contributed by atoms with E-state index in [1.807, 2.05) is 20.0 Å². The van der Waals surface area contributed by atoms with Gasteiger partial charge < -0.3 is 19.4 Å². The molecule has 290 valence electrons. The summed E-state index contributed by atoms with van der Waals surface area (Å²) in [6.45, 7) is 6.02. The summed E-state index contributed by atoms with van der Waals surface area (Å²) in [4.78, 5) is 53.9. The summed E-state index contributed by atoms with van der Waals surface area (Å²) >= 11 is 0. The summed E-state index contributed by atoms with van der Waals surface area (Å²) in [5.41, 5.74) is 2.33. The van der Waals surface area contributed by atoms with E-state index in [9.17, 15) is 23.2 Å². The van der Waals surface area contributed by atoms with Crippen LogP contribution < -0.4 is 20.3 Å². The first-order valence-corrected chi connectivity index (χ1v) is 18.5. The zero-order valence-corrected chi connectivity index (χ0v) is 30.5. The van der Waals surface area contributed by atoms with E-state index >= 15 is 8.78 Å².